The molecule has 7 nitrogen and oxygen atoms in total. The molecular weight excluding hydrogens is 328 g/mol. The van der Waals surface area contributed by atoms with Crippen LogP contribution in [0.25, 0.3) is 0 Å². The lowest BCUT2D eigenvalue weighted by atomic mass is 9.95. The quantitative estimate of drug-likeness (QED) is 0.757. The molecule has 0 radical (unpaired) electrons. The summed E-state index contributed by atoms with van der Waals surface area (Å²) in [6, 6.07) is 19.2. The number of nitrogens with zero attached hydrogens (tertiary/aromatic N) is 4. The van der Waals surface area contributed by atoms with Gasteiger partial charge in [-0.2, -0.15) is 4.68 Å². The van der Waals surface area contributed by atoms with Crippen LogP contribution in [0.4, 0.5) is 5.95 Å². The summed E-state index contributed by atoms with van der Waals surface area (Å²) < 4.78 is 1.64. The van der Waals surface area contributed by atoms with Gasteiger partial charge in [0.2, 0.25) is 5.95 Å². The average Bonchev–Trinajstić information content (AvgIpc) is 3.14. The first kappa shape index (κ1) is 16.0. The topological polar surface area (TPSA) is 84.7 Å². The van der Waals surface area contributed by atoms with Gasteiger partial charge in [-0.25, -0.2) is 0 Å². The Morgan fingerprint density at radius 2 is 1.81 bits per heavy atom. The summed E-state index contributed by atoms with van der Waals surface area (Å²) in [4.78, 5) is 13.0. The monoisotopic (exact) mass is 346 g/mol. The summed E-state index contributed by atoms with van der Waals surface area (Å²) in [6.07, 6.45) is 0. The number of nitrogens with one attached hydrogen (secondary N) is 2. The third-order valence-electron chi connectivity index (χ3n) is 4.37. The van der Waals surface area contributed by atoms with E-state index in [-0.39, 0.29) is 11.9 Å². The number of carbonyl (C=O) groups excluding carboxylic acids is 1. The molecule has 7 heteroatoms. The molecule has 1 aromatic heterocycles. The van der Waals surface area contributed by atoms with Crippen LogP contribution in [-0.2, 0) is 11.3 Å². The van der Waals surface area contributed by atoms with Gasteiger partial charge in [-0.05, 0) is 28.5 Å². The maximum atomic E-state index is 13.0. The van der Waals surface area contributed by atoms with E-state index in [0.29, 0.717) is 18.1 Å². The summed E-state index contributed by atoms with van der Waals surface area (Å²) in [7, 11) is 0. The van der Waals surface area contributed by atoms with Crippen molar-refractivity contribution in [2.45, 2.75) is 19.5 Å². The Morgan fingerprint density at radius 1 is 1.12 bits per heavy atom. The standard InChI is InChI=1S/C19H18N6O/c1-13-16(18(26)20-12-14-8-4-2-5-9-14)17(15-10-6-3-7-11-15)25-19(21-13)22-23-24-25/h2-11,17H,12H2,1H3,(H,20,26)(H,21,22,24)/t17-/m0/s1. The minimum atomic E-state index is -0.377. The number of hydrogen-bond acceptors (Lipinski definition) is 5. The summed E-state index contributed by atoms with van der Waals surface area (Å²) in [5.74, 6) is 0.379. The van der Waals surface area contributed by atoms with Crippen LogP contribution in [-0.4, -0.2) is 26.1 Å². The number of benzene rings is 2. The van der Waals surface area contributed by atoms with Crippen LogP contribution in [0.5, 0.6) is 0 Å². The van der Waals surface area contributed by atoms with Crippen molar-refractivity contribution in [3.8, 4) is 0 Å². The maximum Gasteiger partial charge on any atom is 0.251 e. The minimum Gasteiger partial charge on any atom is -0.348 e. The molecule has 0 unspecified atom stereocenters. The number of rotatable bonds is 4. The zero-order valence-corrected chi connectivity index (χ0v) is 14.3. The maximum absolute atomic E-state index is 13.0. The highest BCUT2D eigenvalue weighted by Gasteiger charge is 2.33. The van der Waals surface area contributed by atoms with Crippen molar-refractivity contribution >= 4 is 11.9 Å². The molecule has 2 N–H and O–H groups in total. The van der Waals surface area contributed by atoms with E-state index >= 15 is 0 Å². The molecule has 1 aliphatic rings. The second-order valence-electron chi connectivity index (χ2n) is 6.09. The highest BCUT2D eigenvalue weighted by molar-refractivity contribution is 5.96. The summed E-state index contributed by atoms with van der Waals surface area (Å²) >= 11 is 0. The van der Waals surface area contributed by atoms with E-state index < -0.39 is 0 Å². The second kappa shape index (κ2) is 6.79. The van der Waals surface area contributed by atoms with Crippen molar-refractivity contribution in [2.75, 3.05) is 5.32 Å². The largest absolute Gasteiger partial charge is 0.348 e. The van der Waals surface area contributed by atoms with E-state index in [1.54, 1.807) is 4.68 Å². The van der Waals surface area contributed by atoms with E-state index in [4.69, 9.17) is 0 Å². The normalized spacial score (nSPS) is 16.0. The molecule has 1 aliphatic heterocycles. The molecule has 0 spiro atoms. The molecule has 0 bridgehead atoms. The molecule has 0 saturated carbocycles. The zero-order valence-electron chi connectivity index (χ0n) is 14.3. The lowest BCUT2D eigenvalue weighted by Gasteiger charge is -2.28. The Bertz CT molecular complexity index is 948. The van der Waals surface area contributed by atoms with E-state index in [0.717, 1.165) is 16.8 Å². The van der Waals surface area contributed by atoms with Crippen LogP contribution in [0.3, 0.4) is 0 Å². The van der Waals surface area contributed by atoms with Crippen LogP contribution in [0, 0.1) is 0 Å². The molecule has 4 rings (SSSR count). The number of aromatic nitrogens is 4. The van der Waals surface area contributed by atoms with Crippen molar-refractivity contribution in [3.05, 3.63) is 83.1 Å². The summed E-state index contributed by atoms with van der Waals surface area (Å²) in [5, 5.41) is 17.9. The van der Waals surface area contributed by atoms with Gasteiger partial charge in [0.15, 0.2) is 0 Å². The highest BCUT2D eigenvalue weighted by atomic mass is 16.1. The first-order chi connectivity index (χ1) is 12.7. The number of anilines is 1. The van der Waals surface area contributed by atoms with Gasteiger partial charge in [0, 0.05) is 12.2 Å². The Morgan fingerprint density at radius 3 is 2.54 bits per heavy atom. The lowest BCUT2D eigenvalue weighted by Crippen LogP contribution is -2.34. The van der Waals surface area contributed by atoms with Gasteiger partial charge in [0.1, 0.15) is 6.04 Å². The average molecular weight is 346 g/mol. The predicted octanol–water partition coefficient (Wildman–Crippen LogP) is 2.28. The van der Waals surface area contributed by atoms with Crippen LogP contribution in [0.2, 0.25) is 0 Å². The highest BCUT2D eigenvalue weighted by Crippen LogP contribution is 2.34. The van der Waals surface area contributed by atoms with Gasteiger partial charge in [-0.15, -0.1) is 0 Å². The molecule has 2 heterocycles. The van der Waals surface area contributed by atoms with Crippen molar-refractivity contribution in [3.63, 3.8) is 0 Å². The molecule has 130 valence electrons. The minimum absolute atomic E-state index is 0.145. The van der Waals surface area contributed by atoms with Gasteiger partial charge >= 0.3 is 0 Å². The Balaban J connectivity index is 1.67. The third-order valence-corrected chi connectivity index (χ3v) is 4.37. The van der Waals surface area contributed by atoms with Crippen molar-refractivity contribution < 1.29 is 4.79 Å². The van der Waals surface area contributed by atoms with Crippen LogP contribution in [0.15, 0.2) is 71.9 Å². The summed E-state index contributed by atoms with van der Waals surface area (Å²) in [5.41, 5.74) is 3.34. The zero-order chi connectivity index (χ0) is 17.9. The molecule has 26 heavy (non-hydrogen) atoms. The summed E-state index contributed by atoms with van der Waals surface area (Å²) in [6.45, 7) is 2.33. The first-order valence-corrected chi connectivity index (χ1v) is 8.37. The van der Waals surface area contributed by atoms with E-state index in [1.807, 2.05) is 67.6 Å². The lowest BCUT2D eigenvalue weighted by molar-refractivity contribution is -0.118. The van der Waals surface area contributed by atoms with Gasteiger partial charge in [0.25, 0.3) is 5.91 Å². The van der Waals surface area contributed by atoms with E-state index in [2.05, 4.69) is 26.2 Å². The smallest absolute Gasteiger partial charge is 0.251 e. The molecule has 0 aliphatic carbocycles. The number of tetrazole rings is 1. The van der Waals surface area contributed by atoms with Gasteiger partial charge < -0.3 is 10.6 Å². The van der Waals surface area contributed by atoms with Crippen molar-refractivity contribution in [1.29, 1.82) is 0 Å². The molecule has 1 atom stereocenters. The third kappa shape index (κ3) is 2.95. The number of amides is 1. The number of allylic oxidation sites excluding steroid dienone is 1. The molecule has 0 fully saturated rings. The van der Waals surface area contributed by atoms with Crippen LogP contribution >= 0.6 is 0 Å². The fourth-order valence-electron chi connectivity index (χ4n) is 3.12. The number of fused-ring (bicyclic) bond motifs is 1. The molecule has 0 saturated heterocycles. The van der Waals surface area contributed by atoms with Gasteiger partial charge in [0.05, 0.1) is 5.57 Å². The first-order valence-electron chi connectivity index (χ1n) is 8.37. The Kier molecular flexibility index (Phi) is 4.18. The van der Waals surface area contributed by atoms with Gasteiger partial charge in [-0.3, -0.25) is 4.79 Å². The SMILES string of the molecule is CC1=C(C(=O)NCc2ccccc2)[C@H](c2ccccc2)n2nnnc2N1. The molecule has 1 amide bonds. The van der Waals surface area contributed by atoms with Crippen LogP contribution < -0.4 is 10.6 Å². The van der Waals surface area contributed by atoms with E-state index in [1.165, 1.54) is 0 Å². The fourth-order valence-corrected chi connectivity index (χ4v) is 3.12. The van der Waals surface area contributed by atoms with Crippen molar-refractivity contribution in [1.82, 2.24) is 25.5 Å². The van der Waals surface area contributed by atoms with Gasteiger partial charge in [-0.1, -0.05) is 65.8 Å². The molecule has 2 aromatic carbocycles. The molecule has 3 aromatic rings. The molecular formula is C19H18N6O. The van der Waals surface area contributed by atoms with E-state index in [9.17, 15) is 4.79 Å². The second-order valence-corrected chi connectivity index (χ2v) is 6.09. The van der Waals surface area contributed by atoms with Crippen molar-refractivity contribution in [2.24, 2.45) is 0 Å². The Hall–Kier alpha value is -3.48. The Labute approximate surface area is 150 Å². The van der Waals surface area contributed by atoms with Crippen LogP contribution in [0.1, 0.15) is 24.1 Å². The number of hydrogen-bond donors (Lipinski definition) is 2. The predicted molar refractivity (Wildman–Crippen MR) is 97.0 cm³/mol. The fraction of sp³-hybridized carbons (Fsp3) is 0.158. The number of carbonyl (C=O) groups is 1.